The molecule has 1 fully saturated rings. The molecule has 1 aliphatic heterocycles. The third-order valence-electron chi connectivity index (χ3n) is 2.77. The van der Waals surface area contributed by atoms with Crippen molar-refractivity contribution in [1.29, 1.82) is 10.5 Å². The standard InChI is InChI=1S/C13H14N2O7S/c1-7(16)20-10-4-19-13(5-14,23-6-15)12(22-9(3)18)11(10)21-8(2)17/h10-12H,4H2,1-3H3/t10-,11+,12-,13-/m1/s1. The third-order valence-corrected chi connectivity index (χ3v) is 3.60. The average Bonchev–Trinajstić information content (AvgIpc) is 2.44. The van der Waals surface area contributed by atoms with Gasteiger partial charge in [0.15, 0.2) is 18.3 Å². The van der Waals surface area contributed by atoms with Gasteiger partial charge in [0.05, 0.1) is 6.61 Å². The lowest BCUT2D eigenvalue weighted by Gasteiger charge is -2.43. The molecule has 0 radical (unpaired) electrons. The van der Waals surface area contributed by atoms with E-state index in [1.54, 1.807) is 11.5 Å². The Labute approximate surface area is 136 Å². The number of thiocyanates is 1. The lowest BCUT2D eigenvalue weighted by molar-refractivity contribution is -0.223. The Bertz CT molecular complexity index is 582. The van der Waals surface area contributed by atoms with Crippen molar-refractivity contribution in [3.8, 4) is 11.5 Å². The molecule has 1 aliphatic rings. The van der Waals surface area contributed by atoms with E-state index in [0.29, 0.717) is 11.8 Å². The van der Waals surface area contributed by atoms with E-state index in [1.807, 2.05) is 0 Å². The Morgan fingerprint density at radius 3 is 2.09 bits per heavy atom. The van der Waals surface area contributed by atoms with Crippen LogP contribution in [0.4, 0.5) is 0 Å². The molecule has 23 heavy (non-hydrogen) atoms. The largest absolute Gasteiger partial charge is 0.456 e. The van der Waals surface area contributed by atoms with Crippen LogP contribution in [-0.2, 0) is 33.3 Å². The van der Waals surface area contributed by atoms with Crippen molar-refractivity contribution in [3.05, 3.63) is 0 Å². The molecule has 1 heterocycles. The molecule has 0 aromatic heterocycles. The molecule has 0 N–H and O–H groups in total. The van der Waals surface area contributed by atoms with E-state index in [0.717, 1.165) is 20.8 Å². The number of carbonyl (C=O) groups is 3. The zero-order valence-electron chi connectivity index (χ0n) is 12.6. The molecule has 0 spiro atoms. The summed E-state index contributed by atoms with van der Waals surface area (Å²) in [5.41, 5.74) is 0. The van der Waals surface area contributed by atoms with Crippen molar-refractivity contribution in [2.24, 2.45) is 0 Å². The summed E-state index contributed by atoms with van der Waals surface area (Å²) in [5, 5.41) is 20.0. The van der Waals surface area contributed by atoms with Crippen LogP contribution < -0.4 is 0 Å². The highest BCUT2D eigenvalue weighted by Crippen LogP contribution is 2.39. The molecule has 0 aromatic rings. The van der Waals surface area contributed by atoms with Crippen molar-refractivity contribution in [1.82, 2.24) is 0 Å². The molecule has 0 amide bonds. The monoisotopic (exact) mass is 342 g/mol. The molecule has 0 aromatic carbocycles. The minimum Gasteiger partial charge on any atom is -0.456 e. The Hall–Kier alpha value is -2.30. The van der Waals surface area contributed by atoms with E-state index in [4.69, 9.17) is 24.2 Å². The van der Waals surface area contributed by atoms with Gasteiger partial charge in [-0.15, -0.1) is 0 Å². The van der Waals surface area contributed by atoms with E-state index in [1.165, 1.54) is 0 Å². The summed E-state index contributed by atoms with van der Waals surface area (Å²) >= 11 is 0.415. The van der Waals surface area contributed by atoms with Crippen LogP contribution >= 0.6 is 11.8 Å². The van der Waals surface area contributed by atoms with Gasteiger partial charge in [-0.3, -0.25) is 14.4 Å². The number of hydrogen-bond donors (Lipinski definition) is 0. The van der Waals surface area contributed by atoms with Crippen molar-refractivity contribution in [2.45, 2.75) is 44.0 Å². The summed E-state index contributed by atoms with van der Waals surface area (Å²) in [6.07, 6.45) is -3.81. The van der Waals surface area contributed by atoms with E-state index in [2.05, 4.69) is 0 Å². The van der Waals surface area contributed by atoms with Crippen molar-refractivity contribution < 1.29 is 33.3 Å². The SMILES string of the molecule is CC(=O)O[C@@H]1[C@@H](OC(C)=O)[C@@](C#N)(SC#N)OC[C@H]1OC(C)=O. The first-order valence-corrected chi connectivity index (χ1v) is 7.21. The van der Waals surface area contributed by atoms with Gasteiger partial charge in [0.2, 0.25) is 0 Å². The first-order valence-electron chi connectivity index (χ1n) is 6.39. The quantitative estimate of drug-likeness (QED) is 0.397. The number of rotatable bonds is 4. The van der Waals surface area contributed by atoms with Crippen molar-refractivity contribution in [2.75, 3.05) is 6.61 Å². The number of nitrogens with zero attached hydrogens (tertiary/aromatic N) is 2. The fraction of sp³-hybridized carbons (Fsp3) is 0.615. The number of nitriles is 2. The maximum atomic E-state index is 11.4. The lowest BCUT2D eigenvalue weighted by atomic mass is 9.99. The lowest BCUT2D eigenvalue weighted by Crippen LogP contribution is -2.62. The molecule has 0 bridgehead atoms. The van der Waals surface area contributed by atoms with Gasteiger partial charge in [0.25, 0.3) is 4.93 Å². The van der Waals surface area contributed by atoms with Crippen LogP contribution in [0.15, 0.2) is 0 Å². The fourth-order valence-corrected chi connectivity index (χ4v) is 2.64. The summed E-state index contributed by atoms with van der Waals surface area (Å²) in [6.45, 7) is 3.02. The topological polar surface area (TPSA) is 136 Å². The third kappa shape index (κ3) is 4.58. The maximum absolute atomic E-state index is 11.4. The highest BCUT2D eigenvalue weighted by atomic mass is 32.2. The van der Waals surface area contributed by atoms with E-state index >= 15 is 0 Å². The van der Waals surface area contributed by atoms with Gasteiger partial charge in [-0.1, -0.05) is 0 Å². The van der Waals surface area contributed by atoms with Crippen LogP contribution in [0.1, 0.15) is 20.8 Å². The first-order chi connectivity index (χ1) is 10.8. The van der Waals surface area contributed by atoms with Crippen LogP contribution in [0, 0.1) is 22.0 Å². The second-order valence-corrected chi connectivity index (χ2v) is 5.53. The first kappa shape index (κ1) is 18.7. The van der Waals surface area contributed by atoms with Gasteiger partial charge in [-0.05, 0) is 0 Å². The number of ether oxygens (including phenoxy) is 4. The summed E-state index contributed by atoms with van der Waals surface area (Å²) in [7, 11) is 0. The number of carbonyl (C=O) groups excluding carboxylic acids is 3. The summed E-state index contributed by atoms with van der Waals surface area (Å²) in [6, 6.07) is 1.76. The van der Waals surface area contributed by atoms with Gasteiger partial charge in [-0.25, -0.2) is 0 Å². The van der Waals surface area contributed by atoms with Crippen molar-refractivity contribution >= 4 is 29.7 Å². The van der Waals surface area contributed by atoms with Gasteiger partial charge in [-0.2, -0.15) is 10.5 Å². The van der Waals surface area contributed by atoms with Gasteiger partial charge in [0.1, 0.15) is 11.5 Å². The molecule has 4 atom stereocenters. The minimum atomic E-state index is -1.91. The molecule has 10 heteroatoms. The molecule has 124 valence electrons. The number of thioether (sulfide) groups is 1. The minimum absolute atomic E-state index is 0.308. The molecule has 1 rings (SSSR count). The van der Waals surface area contributed by atoms with Crippen LogP contribution in [-0.4, -0.2) is 47.8 Å². The average molecular weight is 342 g/mol. The second kappa shape index (κ2) is 7.81. The van der Waals surface area contributed by atoms with Gasteiger partial charge >= 0.3 is 17.9 Å². The van der Waals surface area contributed by atoms with Crippen LogP contribution in [0.25, 0.3) is 0 Å². The molecular formula is C13H14N2O7S. The van der Waals surface area contributed by atoms with Crippen LogP contribution in [0.3, 0.4) is 0 Å². The predicted molar refractivity (Wildman–Crippen MR) is 74.2 cm³/mol. The Morgan fingerprint density at radius 2 is 1.65 bits per heavy atom. The zero-order chi connectivity index (χ0) is 17.6. The van der Waals surface area contributed by atoms with Crippen LogP contribution in [0.2, 0.25) is 0 Å². The van der Waals surface area contributed by atoms with Crippen LogP contribution in [0.5, 0.6) is 0 Å². The van der Waals surface area contributed by atoms with Gasteiger partial charge < -0.3 is 18.9 Å². The Balaban J connectivity index is 3.27. The molecule has 1 saturated heterocycles. The zero-order valence-corrected chi connectivity index (χ0v) is 13.4. The molecule has 0 aliphatic carbocycles. The number of hydrogen-bond acceptors (Lipinski definition) is 10. The molecule has 0 saturated carbocycles. The summed E-state index contributed by atoms with van der Waals surface area (Å²) < 4.78 is 20.4. The number of esters is 3. The van der Waals surface area contributed by atoms with E-state index in [-0.39, 0.29) is 6.61 Å². The maximum Gasteiger partial charge on any atom is 0.303 e. The second-order valence-electron chi connectivity index (χ2n) is 4.54. The predicted octanol–water partition coefficient (Wildman–Crippen LogP) is 0.246. The Morgan fingerprint density at radius 1 is 1.09 bits per heavy atom. The normalized spacial score (nSPS) is 29.5. The Kier molecular flexibility index (Phi) is 6.37. The van der Waals surface area contributed by atoms with Gasteiger partial charge in [0, 0.05) is 32.5 Å². The smallest absolute Gasteiger partial charge is 0.303 e. The molecule has 0 unspecified atom stereocenters. The van der Waals surface area contributed by atoms with E-state index in [9.17, 15) is 19.6 Å². The molecular weight excluding hydrogens is 328 g/mol. The highest BCUT2D eigenvalue weighted by molar-refractivity contribution is 8.05. The fourth-order valence-electron chi connectivity index (χ4n) is 2.04. The van der Waals surface area contributed by atoms with E-state index < -0.39 is 41.2 Å². The summed E-state index contributed by atoms with van der Waals surface area (Å²) in [5.74, 6) is -2.19. The van der Waals surface area contributed by atoms with Crippen molar-refractivity contribution in [3.63, 3.8) is 0 Å². The molecule has 9 nitrogen and oxygen atoms in total. The summed E-state index contributed by atoms with van der Waals surface area (Å²) in [4.78, 5) is 32.0. The highest BCUT2D eigenvalue weighted by Gasteiger charge is 2.57.